The first-order valence-corrected chi connectivity index (χ1v) is 7.56. The first-order chi connectivity index (χ1) is 11.5. The number of hydrogen-bond acceptors (Lipinski definition) is 2. The smallest absolute Gasteiger partial charge is 0.387 e. The number of carbonyl (C=O) groups excluding carboxylic acids is 1. The summed E-state index contributed by atoms with van der Waals surface area (Å²) in [5.74, 6) is 0.0912. The van der Waals surface area contributed by atoms with Crippen molar-refractivity contribution in [3.8, 4) is 5.75 Å². The van der Waals surface area contributed by atoms with E-state index in [1.807, 2.05) is 37.3 Å². The molecule has 1 atom stereocenters. The summed E-state index contributed by atoms with van der Waals surface area (Å²) in [5.41, 5.74) is 1.84. The van der Waals surface area contributed by atoms with Gasteiger partial charge in [0.2, 0.25) is 0 Å². The van der Waals surface area contributed by atoms with Gasteiger partial charge in [-0.15, -0.1) is 0 Å². The minimum absolute atomic E-state index is 0.0912. The number of hydrogen-bond donors (Lipinski definition) is 1. The number of urea groups is 1. The molecule has 0 bridgehead atoms. The van der Waals surface area contributed by atoms with Crippen molar-refractivity contribution in [3.05, 3.63) is 65.7 Å². The van der Waals surface area contributed by atoms with Gasteiger partial charge in [-0.1, -0.05) is 42.5 Å². The number of nitrogens with one attached hydrogen (secondary N) is 1. The highest BCUT2D eigenvalue weighted by atomic mass is 19.3. The van der Waals surface area contributed by atoms with Gasteiger partial charge in [-0.05, 0) is 30.2 Å². The molecule has 2 rings (SSSR count). The minimum atomic E-state index is -2.85. The van der Waals surface area contributed by atoms with Crippen molar-refractivity contribution in [1.29, 1.82) is 0 Å². The van der Waals surface area contributed by atoms with Gasteiger partial charge in [-0.3, -0.25) is 0 Å². The van der Waals surface area contributed by atoms with E-state index in [4.69, 9.17) is 0 Å². The molecular formula is C18H20F2N2O2. The van der Waals surface area contributed by atoms with Gasteiger partial charge in [-0.2, -0.15) is 8.78 Å². The predicted octanol–water partition coefficient (Wildman–Crippen LogP) is 4.19. The first-order valence-electron chi connectivity index (χ1n) is 7.56. The number of ether oxygens (including phenoxy) is 1. The molecular weight excluding hydrogens is 314 g/mol. The highest BCUT2D eigenvalue weighted by molar-refractivity contribution is 5.74. The average Bonchev–Trinajstić information content (AvgIpc) is 2.55. The molecule has 1 N–H and O–H groups in total. The fraction of sp³-hybridized carbons (Fsp3) is 0.278. The fourth-order valence-electron chi connectivity index (χ4n) is 2.25. The number of rotatable bonds is 6. The maximum atomic E-state index is 12.2. The molecule has 0 aliphatic rings. The molecule has 4 nitrogen and oxygen atoms in total. The zero-order valence-electron chi connectivity index (χ0n) is 13.6. The maximum absolute atomic E-state index is 12.2. The summed E-state index contributed by atoms with van der Waals surface area (Å²) in [6.45, 7) is -0.516. The molecule has 2 aromatic carbocycles. The van der Waals surface area contributed by atoms with E-state index in [1.165, 1.54) is 12.1 Å². The Morgan fingerprint density at radius 1 is 1.12 bits per heavy atom. The van der Waals surface area contributed by atoms with Crippen LogP contribution in [0.15, 0.2) is 54.6 Å². The lowest BCUT2D eigenvalue weighted by molar-refractivity contribution is -0.0498. The Morgan fingerprint density at radius 2 is 1.75 bits per heavy atom. The van der Waals surface area contributed by atoms with Crippen LogP contribution in [0.1, 0.15) is 24.1 Å². The third-order valence-electron chi connectivity index (χ3n) is 3.55. The number of nitrogens with zero attached hydrogens (tertiary/aromatic N) is 1. The Morgan fingerprint density at radius 3 is 2.33 bits per heavy atom. The van der Waals surface area contributed by atoms with Gasteiger partial charge in [0.25, 0.3) is 0 Å². The molecule has 128 valence electrons. The van der Waals surface area contributed by atoms with Crippen molar-refractivity contribution in [1.82, 2.24) is 10.2 Å². The number of alkyl halides is 2. The first kappa shape index (κ1) is 17.7. The van der Waals surface area contributed by atoms with Crippen molar-refractivity contribution < 1.29 is 18.3 Å². The van der Waals surface area contributed by atoms with Gasteiger partial charge >= 0.3 is 12.6 Å². The van der Waals surface area contributed by atoms with Crippen molar-refractivity contribution >= 4 is 6.03 Å². The van der Waals surface area contributed by atoms with Crippen LogP contribution in [-0.4, -0.2) is 24.6 Å². The van der Waals surface area contributed by atoms with Crippen LogP contribution in [-0.2, 0) is 6.54 Å². The molecule has 0 saturated heterocycles. The standard InChI is InChI=1S/C18H20F2N2O2/c1-13(15-8-10-16(11-9-15)24-17(19)20)21-18(23)22(2)12-14-6-4-3-5-7-14/h3-11,13,17H,12H2,1-2H3,(H,21,23). The molecule has 0 radical (unpaired) electrons. The molecule has 0 heterocycles. The summed E-state index contributed by atoms with van der Waals surface area (Å²) < 4.78 is 28.6. The van der Waals surface area contributed by atoms with Gasteiger partial charge in [-0.25, -0.2) is 4.79 Å². The van der Waals surface area contributed by atoms with E-state index in [0.29, 0.717) is 6.54 Å². The van der Waals surface area contributed by atoms with Gasteiger partial charge in [0.1, 0.15) is 5.75 Å². The molecule has 6 heteroatoms. The summed E-state index contributed by atoms with van der Waals surface area (Å²) >= 11 is 0. The van der Waals surface area contributed by atoms with Crippen molar-refractivity contribution in [2.75, 3.05) is 7.05 Å². The molecule has 0 fully saturated rings. The third kappa shape index (κ3) is 5.22. The summed E-state index contributed by atoms with van der Waals surface area (Å²) in [7, 11) is 1.72. The highest BCUT2D eigenvalue weighted by Gasteiger charge is 2.14. The topological polar surface area (TPSA) is 41.6 Å². The molecule has 1 unspecified atom stereocenters. The quantitative estimate of drug-likeness (QED) is 0.860. The number of amides is 2. The average molecular weight is 334 g/mol. The second kappa shape index (κ2) is 8.29. The van der Waals surface area contributed by atoms with E-state index in [1.54, 1.807) is 24.1 Å². The summed E-state index contributed by atoms with van der Waals surface area (Å²) in [6, 6.07) is 15.4. The molecule has 2 amide bonds. The van der Waals surface area contributed by atoms with Crippen LogP contribution < -0.4 is 10.1 Å². The van der Waals surface area contributed by atoms with Crippen molar-refractivity contribution in [2.45, 2.75) is 26.1 Å². The molecule has 2 aromatic rings. The SMILES string of the molecule is CC(NC(=O)N(C)Cc1ccccc1)c1ccc(OC(F)F)cc1. The molecule has 0 spiro atoms. The van der Waals surface area contributed by atoms with Crippen LogP contribution in [0.3, 0.4) is 0 Å². The Labute approximate surface area is 140 Å². The van der Waals surface area contributed by atoms with E-state index >= 15 is 0 Å². The van der Waals surface area contributed by atoms with Crippen LogP contribution in [0.25, 0.3) is 0 Å². The Hall–Kier alpha value is -2.63. The van der Waals surface area contributed by atoms with Crippen LogP contribution in [0.4, 0.5) is 13.6 Å². The molecule has 0 saturated carbocycles. The van der Waals surface area contributed by atoms with E-state index < -0.39 is 6.61 Å². The van der Waals surface area contributed by atoms with Gasteiger partial charge < -0.3 is 15.0 Å². The largest absolute Gasteiger partial charge is 0.435 e. The predicted molar refractivity (Wildman–Crippen MR) is 87.9 cm³/mol. The Kier molecular flexibility index (Phi) is 6.12. The van der Waals surface area contributed by atoms with E-state index in [0.717, 1.165) is 11.1 Å². The fourth-order valence-corrected chi connectivity index (χ4v) is 2.25. The minimum Gasteiger partial charge on any atom is -0.435 e. The summed E-state index contributed by atoms with van der Waals surface area (Å²) in [4.78, 5) is 13.8. The van der Waals surface area contributed by atoms with E-state index in [-0.39, 0.29) is 17.8 Å². The lowest BCUT2D eigenvalue weighted by atomic mass is 10.1. The number of halogens is 2. The second-order valence-corrected chi connectivity index (χ2v) is 5.46. The third-order valence-corrected chi connectivity index (χ3v) is 3.55. The van der Waals surface area contributed by atoms with Crippen LogP contribution in [0.2, 0.25) is 0 Å². The van der Waals surface area contributed by atoms with E-state index in [9.17, 15) is 13.6 Å². The lowest BCUT2D eigenvalue weighted by Crippen LogP contribution is -2.38. The Bertz CT molecular complexity index is 648. The summed E-state index contributed by atoms with van der Waals surface area (Å²) in [6.07, 6.45) is 0. The maximum Gasteiger partial charge on any atom is 0.387 e. The van der Waals surface area contributed by atoms with Crippen LogP contribution in [0, 0.1) is 0 Å². The van der Waals surface area contributed by atoms with Gasteiger partial charge in [0, 0.05) is 13.6 Å². The molecule has 0 aromatic heterocycles. The number of benzene rings is 2. The van der Waals surface area contributed by atoms with Gasteiger partial charge in [0.15, 0.2) is 0 Å². The van der Waals surface area contributed by atoms with Gasteiger partial charge in [0.05, 0.1) is 6.04 Å². The lowest BCUT2D eigenvalue weighted by Gasteiger charge is -2.22. The van der Waals surface area contributed by atoms with Crippen molar-refractivity contribution in [3.63, 3.8) is 0 Å². The molecule has 0 aliphatic heterocycles. The second-order valence-electron chi connectivity index (χ2n) is 5.46. The van der Waals surface area contributed by atoms with Crippen LogP contribution >= 0.6 is 0 Å². The summed E-state index contributed by atoms with van der Waals surface area (Å²) in [5, 5.41) is 2.87. The zero-order valence-corrected chi connectivity index (χ0v) is 13.6. The van der Waals surface area contributed by atoms with Crippen LogP contribution in [0.5, 0.6) is 5.75 Å². The Balaban J connectivity index is 1.90. The zero-order chi connectivity index (χ0) is 17.5. The normalized spacial score (nSPS) is 11.9. The molecule has 0 aliphatic carbocycles. The monoisotopic (exact) mass is 334 g/mol. The van der Waals surface area contributed by atoms with E-state index in [2.05, 4.69) is 10.1 Å². The highest BCUT2D eigenvalue weighted by Crippen LogP contribution is 2.19. The van der Waals surface area contributed by atoms with Crippen molar-refractivity contribution in [2.24, 2.45) is 0 Å². The molecule has 24 heavy (non-hydrogen) atoms. The number of carbonyl (C=O) groups is 1.